The van der Waals surface area contributed by atoms with Gasteiger partial charge in [-0.15, -0.1) is 0 Å². The Hall–Kier alpha value is -2.69. The zero-order valence-corrected chi connectivity index (χ0v) is 15.1. The second kappa shape index (κ2) is 6.31. The van der Waals surface area contributed by atoms with Crippen molar-refractivity contribution in [1.82, 2.24) is 5.43 Å². The van der Waals surface area contributed by atoms with Crippen LogP contribution in [-0.2, 0) is 11.2 Å². The van der Waals surface area contributed by atoms with E-state index in [9.17, 15) is 4.79 Å². The van der Waals surface area contributed by atoms with Crippen LogP contribution in [0.4, 0.5) is 16.2 Å². The highest BCUT2D eigenvalue weighted by molar-refractivity contribution is 5.70. The summed E-state index contributed by atoms with van der Waals surface area (Å²) in [5.74, 6) is 0.326. The molecule has 0 aromatic heterocycles. The van der Waals surface area contributed by atoms with Crippen LogP contribution in [0.3, 0.4) is 0 Å². The fourth-order valence-corrected chi connectivity index (χ4v) is 3.26. The van der Waals surface area contributed by atoms with E-state index < -0.39 is 11.7 Å². The SMILES string of the molecule is CC1c2ccc(N)cc2Cc2cc(NNC(=O)OC(C)(C)C)ccc21. The Morgan fingerprint density at radius 1 is 1.12 bits per heavy atom. The molecule has 1 atom stereocenters. The Morgan fingerprint density at radius 3 is 2.44 bits per heavy atom. The van der Waals surface area contributed by atoms with Gasteiger partial charge in [0.2, 0.25) is 0 Å². The summed E-state index contributed by atoms with van der Waals surface area (Å²) in [5.41, 5.74) is 17.6. The van der Waals surface area contributed by atoms with Crippen molar-refractivity contribution in [3.8, 4) is 0 Å². The molecule has 5 heteroatoms. The van der Waals surface area contributed by atoms with Crippen molar-refractivity contribution in [3.63, 3.8) is 0 Å². The first-order chi connectivity index (χ1) is 11.7. The molecule has 0 aliphatic heterocycles. The highest BCUT2D eigenvalue weighted by Crippen LogP contribution is 2.37. The van der Waals surface area contributed by atoms with Gasteiger partial charge in [0.05, 0.1) is 5.69 Å². The summed E-state index contributed by atoms with van der Waals surface area (Å²) >= 11 is 0. The number of rotatable bonds is 2. The molecular weight excluding hydrogens is 314 g/mol. The summed E-state index contributed by atoms with van der Waals surface area (Å²) in [6.45, 7) is 7.70. The fourth-order valence-electron chi connectivity index (χ4n) is 3.26. The minimum atomic E-state index is -0.527. The van der Waals surface area contributed by atoms with Gasteiger partial charge in [0, 0.05) is 11.6 Å². The number of hydrogen-bond acceptors (Lipinski definition) is 4. The van der Waals surface area contributed by atoms with Crippen molar-refractivity contribution in [2.45, 2.75) is 45.6 Å². The van der Waals surface area contributed by atoms with Crippen LogP contribution in [0.5, 0.6) is 0 Å². The van der Waals surface area contributed by atoms with E-state index in [2.05, 4.69) is 36.0 Å². The average molecular weight is 339 g/mol. The molecule has 3 rings (SSSR count). The van der Waals surface area contributed by atoms with Crippen molar-refractivity contribution >= 4 is 17.5 Å². The number of hydrazine groups is 1. The quantitative estimate of drug-likeness (QED) is 0.567. The number of nitrogen functional groups attached to an aromatic ring is 1. The lowest BCUT2D eigenvalue weighted by Crippen LogP contribution is -2.35. The lowest BCUT2D eigenvalue weighted by atomic mass is 9.79. The van der Waals surface area contributed by atoms with E-state index in [-0.39, 0.29) is 0 Å². The number of hydrogen-bond donors (Lipinski definition) is 3. The first kappa shape index (κ1) is 17.1. The van der Waals surface area contributed by atoms with E-state index in [1.165, 1.54) is 22.3 Å². The third-order valence-corrected chi connectivity index (χ3v) is 4.33. The average Bonchev–Trinajstić information content (AvgIpc) is 2.51. The molecule has 4 N–H and O–H groups in total. The molecule has 1 aliphatic rings. The van der Waals surface area contributed by atoms with Gasteiger partial charge in [-0.1, -0.05) is 19.1 Å². The molecule has 1 unspecified atom stereocenters. The topological polar surface area (TPSA) is 76.4 Å². The Kier molecular flexibility index (Phi) is 4.33. The molecular formula is C20H25N3O2. The molecule has 0 heterocycles. The van der Waals surface area contributed by atoms with Gasteiger partial charge >= 0.3 is 6.09 Å². The van der Waals surface area contributed by atoms with Crippen molar-refractivity contribution in [3.05, 3.63) is 58.7 Å². The van der Waals surface area contributed by atoms with Crippen molar-refractivity contribution < 1.29 is 9.53 Å². The Bertz CT molecular complexity index is 809. The van der Waals surface area contributed by atoms with E-state index in [1.807, 2.05) is 39.0 Å². The number of anilines is 2. The number of nitrogens with two attached hydrogens (primary N) is 1. The van der Waals surface area contributed by atoms with Crippen LogP contribution >= 0.6 is 0 Å². The summed E-state index contributed by atoms with van der Waals surface area (Å²) in [7, 11) is 0. The lowest BCUT2D eigenvalue weighted by molar-refractivity contribution is 0.0541. The van der Waals surface area contributed by atoms with Crippen LogP contribution in [-0.4, -0.2) is 11.7 Å². The van der Waals surface area contributed by atoms with Gasteiger partial charge in [0.15, 0.2) is 0 Å². The van der Waals surface area contributed by atoms with Crippen LogP contribution in [0, 0.1) is 0 Å². The highest BCUT2D eigenvalue weighted by atomic mass is 16.6. The zero-order valence-electron chi connectivity index (χ0n) is 15.1. The first-order valence-corrected chi connectivity index (χ1v) is 8.49. The van der Waals surface area contributed by atoms with Crippen LogP contribution in [0.15, 0.2) is 36.4 Å². The number of nitrogens with one attached hydrogen (secondary N) is 2. The smallest absolute Gasteiger partial charge is 0.426 e. The third-order valence-electron chi connectivity index (χ3n) is 4.33. The van der Waals surface area contributed by atoms with Gasteiger partial charge < -0.3 is 10.5 Å². The molecule has 0 spiro atoms. The Balaban J connectivity index is 1.75. The van der Waals surface area contributed by atoms with Crippen molar-refractivity contribution in [2.75, 3.05) is 11.2 Å². The molecule has 0 radical (unpaired) electrons. The van der Waals surface area contributed by atoms with E-state index in [4.69, 9.17) is 10.5 Å². The Labute approximate surface area is 148 Å². The number of benzene rings is 2. The molecule has 1 aliphatic carbocycles. The maximum Gasteiger partial charge on any atom is 0.426 e. The van der Waals surface area contributed by atoms with E-state index in [0.717, 1.165) is 17.8 Å². The van der Waals surface area contributed by atoms with Crippen LogP contribution in [0.2, 0.25) is 0 Å². The zero-order chi connectivity index (χ0) is 18.2. The Morgan fingerprint density at radius 2 is 1.76 bits per heavy atom. The molecule has 0 saturated heterocycles. The van der Waals surface area contributed by atoms with Gasteiger partial charge in [-0.3, -0.25) is 5.43 Å². The second-order valence-electron chi connectivity index (χ2n) is 7.52. The number of ether oxygens (including phenoxy) is 1. The highest BCUT2D eigenvalue weighted by Gasteiger charge is 2.22. The van der Waals surface area contributed by atoms with E-state index in [1.54, 1.807) is 0 Å². The minimum Gasteiger partial charge on any atom is -0.443 e. The second-order valence-corrected chi connectivity index (χ2v) is 7.52. The van der Waals surface area contributed by atoms with Crippen LogP contribution in [0.1, 0.15) is 55.9 Å². The molecule has 5 nitrogen and oxygen atoms in total. The molecule has 2 aromatic carbocycles. The lowest BCUT2D eigenvalue weighted by Gasteiger charge is -2.27. The first-order valence-electron chi connectivity index (χ1n) is 8.49. The minimum absolute atomic E-state index is 0.326. The number of fused-ring (bicyclic) bond motifs is 2. The number of carbonyl (C=O) groups is 1. The molecule has 0 saturated carbocycles. The predicted molar refractivity (Wildman–Crippen MR) is 101 cm³/mol. The molecule has 2 aromatic rings. The molecule has 1 amide bonds. The summed E-state index contributed by atoms with van der Waals surface area (Å²) in [5, 5.41) is 0. The van der Waals surface area contributed by atoms with Gasteiger partial charge in [0.25, 0.3) is 0 Å². The molecule has 0 fully saturated rings. The maximum atomic E-state index is 11.8. The standard InChI is InChI=1S/C20H25N3O2/c1-12-17-7-5-15(21)10-13(17)9-14-11-16(6-8-18(12)14)22-23-19(24)25-20(2,3)4/h5-8,10-12,22H,9,21H2,1-4H3,(H,23,24). The van der Waals surface area contributed by atoms with Gasteiger partial charge in [-0.05, 0) is 73.7 Å². The summed E-state index contributed by atoms with van der Waals surface area (Å²) < 4.78 is 5.22. The van der Waals surface area contributed by atoms with Gasteiger partial charge in [0.1, 0.15) is 5.60 Å². The summed E-state index contributed by atoms with van der Waals surface area (Å²) in [6.07, 6.45) is 0.332. The van der Waals surface area contributed by atoms with Gasteiger partial charge in [-0.25, -0.2) is 10.2 Å². The summed E-state index contributed by atoms with van der Waals surface area (Å²) in [6, 6.07) is 12.3. The largest absolute Gasteiger partial charge is 0.443 e. The van der Waals surface area contributed by atoms with Crippen LogP contribution in [0.25, 0.3) is 0 Å². The van der Waals surface area contributed by atoms with Gasteiger partial charge in [-0.2, -0.15) is 0 Å². The monoisotopic (exact) mass is 339 g/mol. The fraction of sp³-hybridized carbons (Fsp3) is 0.350. The maximum absolute atomic E-state index is 11.8. The molecule has 132 valence electrons. The third kappa shape index (κ3) is 3.87. The number of amides is 1. The summed E-state index contributed by atoms with van der Waals surface area (Å²) in [4.78, 5) is 11.8. The number of carbonyl (C=O) groups excluding carboxylic acids is 1. The normalized spacial score (nSPS) is 15.8. The van der Waals surface area contributed by atoms with E-state index >= 15 is 0 Å². The van der Waals surface area contributed by atoms with Crippen molar-refractivity contribution in [1.29, 1.82) is 0 Å². The molecule has 0 bridgehead atoms. The molecule has 25 heavy (non-hydrogen) atoms. The van der Waals surface area contributed by atoms with Crippen molar-refractivity contribution in [2.24, 2.45) is 0 Å². The van der Waals surface area contributed by atoms with E-state index in [0.29, 0.717) is 5.92 Å². The van der Waals surface area contributed by atoms with Crippen LogP contribution < -0.4 is 16.6 Å². The predicted octanol–water partition coefficient (Wildman–Crippen LogP) is 4.18.